The molecule has 3 aromatic rings. The monoisotopic (exact) mass is 617 g/mol. The predicted molar refractivity (Wildman–Crippen MR) is 133 cm³/mol. The van der Waals surface area contributed by atoms with Crippen LogP contribution in [0.25, 0.3) is 5.83 Å². The molecular formula is C25H14Cl4F7NO. The summed E-state index contributed by atoms with van der Waals surface area (Å²) < 4.78 is 97.6. The second-order valence-electron chi connectivity index (χ2n) is 8.00. The number of nitrogens with zero attached hydrogens (tertiary/aromatic N) is 1. The molecule has 0 aliphatic rings. The number of Topliss-reactive ketones (excluding diaryl/α,β-unsaturated/α-hetero) is 1. The van der Waals surface area contributed by atoms with Crippen molar-refractivity contribution in [1.82, 2.24) is 4.98 Å². The standard InChI is InChI=1S/C25H14Cl4F7NO/c26-18-9-14(10-19(27)23(18)29)16(24(31,32)33)11-20(30)13-2-3-15(17(8-13)25(34,35)36)21(38)4-1-12-5-6-37-22(28)7-12/h2-3,5-11,16H,1,4H2/b20-11-. The Kier molecular flexibility index (Phi) is 9.40. The second-order valence-corrected chi connectivity index (χ2v) is 9.58. The van der Waals surface area contributed by atoms with E-state index in [1.807, 2.05) is 0 Å². The fourth-order valence-electron chi connectivity index (χ4n) is 3.54. The van der Waals surface area contributed by atoms with E-state index >= 15 is 0 Å². The summed E-state index contributed by atoms with van der Waals surface area (Å²) >= 11 is 23.1. The average Bonchev–Trinajstić information content (AvgIpc) is 2.82. The number of halogens is 11. The zero-order valence-corrected chi connectivity index (χ0v) is 21.7. The van der Waals surface area contributed by atoms with E-state index in [0.29, 0.717) is 5.56 Å². The maximum absolute atomic E-state index is 15.0. The highest BCUT2D eigenvalue weighted by Crippen LogP contribution is 2.43. The third-order valence-corrected chi connectivity index (χ3v) is 6.77. The van der Waals surface area contributed by atoms with Crippen LogP contribution in [0.15, 0.2) is 54.7 Å². The van der Waals surface area contributed by atoms with Crippen molar-refractivity contribution in [3.8, 4) is 0 Å². The van der Waals surface area contributed by atoms with Crippen molar-refractivity contribution < 1.29 is 35.5 Å². The van der Waals surface area contributed by atoms with Gasteiger partial charge in [-0.15, -0.1) is 0 Å². The first-order valence-corrected chi connectivity index (χ1v) is 12.0. The topological polar surface area (TPSA) is 30.0 Å². The molecule has 2 nitrogen and oxygen atoms in total. The number of hydrogen-bond donors (Lipinski definition) is 0. The van der Waals surface area contributed by atoms with Crippen LogP contribution in [0.3, 0.4) is 0 Å². The SMILES string of the molecule is O=C(CCc1ccnc(Cl)c1)c1ccc(/C(F)=C/C(c2cc(Cl)c(Cl)c(Cl)c2)C(F)(F)F)cc1C(F)(F)F. The first kappa shape index (κ1) is 30.2. The molecule has 0 fully saturated rings. The third-order valence-electron chi connectivity index (χ3n) is 5.36. The number of benzene rings is 2. The molecule has 13 heteroatoms. The molecule has 202 valence electrons. The number of allylic oxidation sites excluding steroid dienone is 1. The number of rotatable bonds is 7. The van der Waals surface area contributed by atoms with Crippen LogP contribution in [-0.4, -0.2) is 16.9 Å². The Labute approximate surface area is 232 Å². The van der Waals surface area contributed by atoms with Crippen molar-refractivity contribution in [3.05, 3.63) is 103 Å². The Bertz CT molecular complexity index is 1360. The van der Waals surface area contributed by atoms with Gasteiger partial charge in [0.2, 0.25) is 0 Å². The molecule has 0 bridgehead atoms. The zero-order valence-electron chi connectivity index (χ0n) is 18.7. The normalized spacial score (nSPS) is 13.5. The molecule has 0 aliphatic heterocycles. The lowest BCUT2D eigenvalue weighted by Crippen LogP contribution is -2.19. The molecule has 0 N–H and O–H groups in total. The lowest BCUT2D eigenvalue weighted by Gasteiger charge is -2.19. The lowest BCUT2D eigenvalue weighted by molar-refractivity contribution is -0.140. The first-order valence-electron chi connectivity index (χ1n) is 10.5. The van der Waals surface area contributed by atoms with E-state index in [1.165, 1.54) is 18.3 Å². The number of aromatic nitrogens is 1. The minimum Gasteiger partial charge on any atom is -0.294 e. The van der Waals surface area contributed by atoms with Gasteiger partial charge in [-0.25, -0.2) is 9.37 Å². The smallest absolute Gasteiger partial charge is 0.294 e. The summed E-state index contributed by atoms with van der Waals surface area (Å²) in [6.07, 6.45) is -8.98. The highest BCUT2D eigenvalue weighted by Gasteiger charge is 2.41. The van der Waals surface area contributed by atoms with Gasteiger partial charge in [-0.1, -0.05) is 58.5 Å². The van der Waals surface area contributed by atoms with Gasteiger partial charge in [0.15, 0.2) is 5.78 Å². The summed E-state index contributed by atoms with van der Waals surface area (Å²) in [5, 5.41) is -0.732. The van der Waals surface area contributed by atoms with E-state index in [1.54, 1.807) is 0 Å². The van der Waals surface area contributed by atoms with Crippen LogP contribution in [0.5, 0.6) is 0 Å². The van der Waals surface area contributed by atoms with E-state index in [-0.39, 0.29) is 45.2 Å². The molecule has 0 aliphatic carbocycles. The highest BCUT2D eigenvalue weighted by molar-refractivity contribution is 6.48. The van der Waals surface area contributed by atoms with Gasteiger partial charge in [0.05, 0.1) is 20.6 Å². The fourth-order valence-corrected chi connectivity index (χ4v) is 4.35. The van der Waals surface area contributed by atoms with Crippen molar-refractivity contribution >= 4 is 58.0 Å². The predicted octanol–water partition coefficient (Wildman–Crippen LogP) is 10.2. The first-order chi connectivity index (χ1) is 17.6. The molecule has 0 amide bonds. The summed E-state index contributed by atoms with van der Waals surface area (Å²) in [6, 6.07) is 6.45. The Morgan fingerprint density at radius 1 is 0.921 bits per heavy atom. The molecule has 2 aromatic carbocycles. The summed E-state index contributed by atoms with van der Waals surface area (Å²) in [4.78, 5) is 16.4. The van der Waals surface area contributed by atoms with Gasteiger partial charge in [-0.3, -0.25) is 4.79 Å². The second kappa shape index (κ2) is 11.8. The summed E-state index contributed by atoms with van der Waals surface area (Å²) in [6.45, 7) is 0. The summed E-state index contributed by atoms with van der Waals surface area (Å²) in [5.41, 5.74) is -3.07. The molecule has 1 heterocycles. The van der Waals surface area contributed by atoms with Crippen molar-refractivity contribution in [1.29, 1.82) is 0 Å². The molecule has 3 rings (SSSR count). The van der Waals surface area contributed by atoms with E-state index in [9.17, 15) is 35.5 Å². The number of carbonyl (C=O) groups is 1. The van der Waals surface area contributed by atoms with Crippen molar-refractivity contribution in [2.24, 2.45) is 0 Å². The summed E-state index contributed by atoms with van der Waals surface area (Å²) in [5.74, 6) is -5.12. The van der Waals surface area contributed by atoms with E-state index in [0.717, 1.165) is 24.3 Å². The van der Waals surface area contributed by atoms with Gasteiger partial charge in [0, 0.05) is 23.7 Å². The average molecular weight is 619 g/mol. The number of alkyl halides is 6. The Morgan fingerprint density at radius 2 is 1.55 bits per heavy atom. The highest BCUT2D eigenvalue weighted by atomic mass is 35.5. The van der Waals surface area contributed by atoms with Crippen LogP contribution >= 0.6 is 46.4 Å². The van der Waals surface area contributed by atoms with Crippen molar-refractivity contribution in [2.45, 2.75) is 31.1 Å². The number of carbonyl (C=O) groups excluding carboxylic acids is 1. The molecular weight excluding hydrogens is 605 g/mol. The minimum atomic E-state index is -5.10. The van der Waals surface area contributed by atoms with Crippen LogP contribution < -0.4 is 0 Å². The van der Waals surface area contributed by atoms with E-state index < -0.39 is 52.1 Å². The van der Waals surface area contributed by atoms with E-state index in [4.69, 9.17) is 46.4 Å². The maximum atomic E-state index is 15.0. The molecule has 38 heavy (non-hydrogen) atoms. The van der Waals surface area contributed by atoms with Gasteiger partial charge in [-0.2, -0.15) is 26.3 Å². The Hall–Kier alpha value is -2.33. The van der Waals surface area contributed by atoms with Crippen LogP contribution in [0.2, 0.25) is 20.2 Å². The van der Waals surface area contributed by atoms with Crippen LogP contribution in [0.4, 0.5) is 30.7 Å². The van der Waals surface area contributed by atoms with E-state index in [2.05, 4.69) is 4.98 Å². The largest absolute Gasteiger partial charge is 0.417 e. The number of ketones is 1. The molecule has 0 saturated heterocycles. The molecule has 0 saturated carbocycles. The quantitative estimate of drug-likeness (QED) is 0.114. The lowest BCUT2D eigenvalue weighted by atomic mass is 9.94. The Balaban J connectivity index is 1.98. The van der Waals surface area contributed by atoms with Gasteiger partial charge in [-0.05, 0) is 54.0 Å². The molecule has 1 unspecified atom stereocenters. The Morgan fingerprint density at radius 3 is 2.11 bits per heavy atom. The van der Waals surface area contributed by atoms with Gasteiger partial charge in [0.1, 0.15) is 16.9 Å². The van der Waals surface area contributed by atoms with Crippen LogP contribution in [0, 0.1) is 0 Å². The molecule has 1 atom stereocenters. The summed E-state index contributed by atoms with van der Waals surface area (Å²) in [7, 11) is 0. The fraction of sp³-hybridized carbons (Fsp3) is 0.200. The van der Waals surface area contributed by atoms with Gasteiger partial charge in [0.25, 0.3) is 0 Å². The number of aryl methyl sites for hydroxylation is 1. The van der Waals surface area contributed by atoms with Crippen LogP contribution in [0.1, 0.15) is 45.0 Å². The van der Waals surface area contributed by atoms with Gasteiger partial charge < -0.3 is 0 Å². The van der Waals surface area contributed by atoms with Crippen molar-refractivity contribution in [2.75, 3.05) is 0 Å². The number of pyridine rings is 1. The zero-order chi connectivity index (χ0) is 28.4. The molecule has 0 radical (unpaired) electrons. The number of hydrogen-bond acceptors (Lipinski definition) is 2. The third kappa shape index (κ3) is 7.40. The maximum Gasteiger partial charge on any atom is 0.417 e. The molecule has 0 spiro atoms. The minimum absolute atomic E-state index is 0.0495. The van der Waals surface area contributed by atoms with Crippen LogP contribution in [-0.2, 0) is 12.6 Å². The van der Waals surface area contributed by atoms with Gasteiger partial charge >= 0.3 is 12.4 Å². The molecule has 1 aromatic heterocycles. The van der Waals surface area contributed by atoms with Crippen molar-refractivity contribution in [3.63, 3.8) is 0 Å².